The van der Waals surface area contributed by atoms with E-state index in [0.717, 1.165) is 11.3 Å². The fourth-order valence-corrected chi connectivity index (χ4v) is 1.81. The molecule has 1 aromatic carbocycles. The van der Waals surface area contributed by atoms with Crippen molar-refractivity contribution in [3.63, 3.8) is 0 Å². The molecule has 1 aromatic heterocycles. The summed E-state index contributed by atoms with van der Waals surface area (Å²) in [6.45, 7) is 8.44. The molecule has 0 aliphatic carbocycles. The predicted octanol–water partition coefficient (Wildman–Crippen LogP) is 3.47. The molecule has 5 nitrogen and oxygen atoms in total. The quantitative estimate of drug-likeness (QED) is 0.458. The number of halogens is 1. The van der Waals surface area contributed by atoms with Gasteiger partial charge in [0.05, 0.1) is 6.20 Å². The number of aryl methyl sites for hydroxylation is 1. The van der Waals surface area contributed by atoms with E-state index in [4.69, 9.17) is 10.2 Å². The topological polar surface area (TPSA) is 76.4 Å². The molecule has 0 amide bonds. The van der Waals surface area contributed by atoms with Gasteiger partial charge in [0.15, 0.2) is 11.7 Å². The van der Waals surface area contributed by atoms with Gasteiger partial charge in [-0.15, -0.1) is 24.0 Å². The molecule has 0 aliphatic heterocycles. The smallest absolute Gasteiger partial charge is 0.216 e. The van der Waals surface area contributed by atoms with Crippen LogP contribution in [0.1, 0.15) is 32.2 Å². The average Bonchev–Trinajstić information content (AvgIpc) is 2.84. The fourth-order valence-electron chi connectivity index (χ4n) is 1.81. The van der Waals surface area contributed by atoms with Gasteiger partial charge in [-0.25, -0.2) is 9.98 Å². The highest BCUT2D eigenvalue weighted by atomic mass is 127. The number of nitrogens with zero attached hydrogens (tertiary/aromatic N) is 2. The number of hydrogen-bond acceptors (Lipinski definition) is 3. The SMILES string of the molecule is Cc1ccc(-c2cnc(CN=C(N)NC(C)(C)C)o2)cc1.I. The zero-order valence-corrected chi connectivity index (χ0v) is 15.7. The van der Waals surface area contributed by atoms with Gasteiger partial charge in [-0.1, -0.05) is 29.8 Å². The number of benzene rings is 1. The monoisotopic (exact) mass is 414 g/mol. The van der Waals surface area contributed by atoms with Gasteiger partial charge in [-0.05, 0) is 27.7 Å². The Kier molecular flexibility index (Phi) is 6.40. The van der Waals surface area contributed by atoms with Gasteiger partial charge in [-0.3, -0.25) is 0 Å². The summed E-state index contributed by atoms with van der Waals surface area (Å²) in [4.78, 5) is 8.45. The molecule has 22 heavy (non-hydrogen) atoms. The van der Waals surface area contributed by atoms with Gasteiger partial charge < -0.3 is 15.5 Å². The van der Waals surface area contributed by atoms with E-state index in [9.17, 15) is 0 Å². The zero-order valence-electron chi connectivity index (χ0n) is 13.4. The third-order valence-corrected chi connectivity index (χ3v) is 2.78. The molecule has 0 aliphatic rings. The average molecular weight is 414 g/mol. The molecule has 0 unspecified atom stereocenters. The van der Waals surface area contributed by atoms with Crippen LogP contribution in [0.2, 0.25) is 0 Å². The highest BCUT2D eigenvalue weighted by Crippen LogP contribution is 2.20. The van der Waals surface area contributed by atoms with Crippen LogP contribution < -0.4 is 11.1 Å². The number of nitrogens with one attached hydrogen (secondary N) is 1. The normalized spacial score (nSPS) is 11.9. The molecule has 0 radical (unpaired) electrons. The molecular weight excluding hydrogens is 391 g/mol. The van der Waals surface area contributed by atoms with Crippen molar-refractivity contribution in [3.05, 3.63) is 41.9 Å². The van der Waals surface area contributed by atoms with Crippen molar-refractivity contribution in [1.82, 2.24) is 10.3 Å². The van der Waals surface area contributed by atoms with E-state index >= 15 is 0 Å². The number of guanidine groups is 1. The standard InChI is InChI=1S/C16H22N4O.HI/c1-11-5-7-12(8-6-11)13-9-18-14(21-13)10-19-15(17)20-16(2,3)4;/h5-9H,10H2,1-4H3,(H3,17,19,20);1H. The van der Waals surface area contributed by atoms with E-state index in [1.165, 1.54) is 5.56 Å². The molecule has 3 N–H and O–H groups in total. The first-order valence-corrected chi connectivity index (χ1v) is 6.93. The van der Waals surface area contributed by atoms with Gasteiger partial charge in [0.25, 0.3) is 0 Å². The molecular formula is C16H23IN4O. The molecule has 0 fully saturated rings. The first kappa shape index (κ1) is 18.5. The first-order chi connectivity index (χ1) is 9.83. The highest BCUT2D eigenvalue weighted by molar-refractivity contribution is 14.0. The predicted molar refractivity (Wildman–Crippen MR) is 100 cm³/mol. The van der Waals surface area contributed by atoms with E-state index in [2.05, 4.69) is 22.2 Å². The van der Waals surface area contributed by atoms with E-state index < -0.39 is 0 Å². The molecule has 6 heteroatoms. The summed E-state index contributed by atoms with van der Waals surface area (Å²) in [6, 6.07) is 8.11. The maximum atomic E-state index is 5.81. The van der Waals surface area contributed by atoms with Crippen molar-refractivity contribution >= 4 is 29.9 Å². The molecule has 2 rings (SSSR count). The van der Waals surface area contributed by atoms with Crippen molar-refractivity contribution in [2.45, 2.75) is 39.8 Å². The van der Waals surface area contributed by atoms with E-state index in [1.807, 2.05) is 45.0 Å². The van der Waals surface area contributed by atoms with Crippen molar-refractivity contribution in [3.8, 4) is 11.3 Å². The number of aromatic nitrogens is 1. The second-order valence-corrected chi connectivity index (χ2v) is 6.06. The van der Waals surface area contributed by atoms with Crippen LogP contribution in [0, 0.1) is 6.92 Å². The van der Waals surface area contributed by atoms with E-state index in [1.54, 1.807) is 6.20 Å². The second kappa shape index (κ2) is 7.62. The molecule has 0 bridgehead atoms. The lowest BCUT2D eigenvalue weighted by molar-refractivity contribution is 0.497. The highest BCUT2D eigenvalue weighted by Gasteiger charge is 2.10. The molecule has 120 valence electrons. The van der Waals surface area contributed by atoms with Crippen LogP contribution in [-0.2, 0) is 6.54 Å². The third-order valence-electron chi connectivity index (χ3n) is 2.78. The summed E-state index contributed by atoms with van der Waals surface area (Å²) in [7, 11) is 0. The Hall–Kier alpha value is -1.57. The lowest BCUT2D eigenvalue weighted by atomic mass is 10.1. The lowest BCUT2D eigenvalue weighted by Gasteiger charge is -2.20. The molecule has 0 saturated carbocycles. The largest absolute Gasteiger partial charge is 0.439 e. The first-order valence-electron chi connectivity index (χ1n) is 6.93. The van der Waals surface area contributed by atoms with Crippen LogP contribution in [-0.4, -0.2) is 16.5 Å². The Morgan fingerprint density at radius 1 is 1.27 bits per heavy atom. The Morgan fingerprint density at radius 3 is 2.50 bits per heavy atom. The van der Waals surface area contributed by atoms with Crippen molar-refractivity contribution in [1.29, 1.82) is 0 Å². The van der Waals surface area contributed by atoms with Crippen molar-refractivity contribution < 1.29 is 4.42 Å². The maximum Gasteiger partial charge on any atom is 0.216 e. The van der Waals surface area contributed by atoms with E-state index in [0.29, 0.717) is 18.4 Å². The van der Waals surface area contributed by atoms with Crippen molar-refractivity contribution in [2.24, 2.45) is 10.7 Å². The van der Waals surface area contributed by atoms with Crippen LogP contribution in [0.5, 0.6) is 0 Å². The Labute approximate surface area is 148 Å². The number of hydrogen-bond donors (Lipinski definition) is 2. The summed E-state index contributed by atoms with van der Waals surface area (Å²) < 4.78 is 5.69. The Balaban J connectivity index is 0.00000242. The molecule has 0 atom stereocenters. The van der Waals surface area contributed by atoms with Gasteiger partial charge in [0.2, 0.25) is 5.89 Å². The fraction of sp³-hybridized carbons (Fsp3) is 0.375. The second-order valence-electron chi connectivity index (χ2n) is 6.06. The van der Waals surface area contributed by atoms with Crippen LogP contribution >= 0.6 is 24.0 Å². The minimum Gasteiger partial charge on any atom is -0.439 e. The number of oxazole rings is 1. The minimum atomic E-state index is -0.114. The molecule has 2 aromatic rings. The number of nitrogens with two attached hydrogens (primary N) is 1. The Bertz CT molecular complexity index is 626. The Morgan fingerprint density at radius 2 is 1.91 bits per heavy atom. The van der Waals surface area contributed by atoms with Gasteiger partial charge in [-0.2, -0.15) is 0 Å². The molecule has 1 heterocycles. The van der Waals surface area contributed by atoms with Gasteiger partial charge in [0.1, 0.15) is 6.54 Å². The minimum absolute atomic E-state index is 0. The number of rotatable bonds is 3. The van der Waals surface area contributed by atoms with Crippen LogP contribution in [0.3, 0.4) is 0 Å². The van der Waals surface area contributed by atoms with Crippen LogP contribution in [0.25, 0.3) is 11.3 Å². The van der Waals surface area contributed by atoms with Gasteiger partial charge in [0, 0.05) is 11.1 Å². The van der Waals surface area contributed by atoms with Crippen LogP contribution in [0.15, 0.2) is 39.9 Å². The van der Waals surface area contributed by atoms with Crippen molar-refractivity contribution in [2.75, 3.05) is 0 Å². The number of aliphatic imine (C=N–C) groups is 1. The lowest BCUT2D eigenvalue weighted by Crippen LogP contribution is -2.44. The summed E-state index contributed by atoms with van der Waals surface area (Å²) in [5.41, 5.74) is 7.91. The summed E-state index contributed by atoms with van der Waals surface area (Å²) in [5, 5.41) is 3.09. The zero-order chi connectivity index (χ0) is 15.5. The maximum absolute atomic E-state index is 5.81. The third kappa shape index (κ3) is 5.67. The summed E-state index contributed by atoms with van der Waals surface area (Å²) in [5.74, 6) is 1.67. The van der Waals surface area contributed by atoms with Crippen LogP contribution in [0.4, 0.5) is 0 Å². The summed E-state index contributed by atoms with van der Waals surface area (Å²) in [6.07, 6.45) is 1.71. The van der Waals surface area contributed by atoms with E-state index in [-0.39, 0.29) is 29.5 Å². The summed E-state index contributed by atoms with van der Waals surface area (Å²) >= 11 is 0. The molecule has 0 saturated heterocycles. The molecule has 0 spiro atoms. The van der Waals surface area contributed by atoms with Gasteiger partial charge >= 0.3 is 0 Å².